The van der Waals surface area contributed by atoms with Crippen molar-refractivity contribution < 1.29 is 14.3 Å². The number of hydrogen-bond acceptors (Lipinski definition) is 4. The molecule has 172 valence electrons. The van der Waals surface area contributed by atoms with Crippen molar-refractivity contribution in [3.8, 4) is 11.5 Å². The van der Waals surface area contributed by atoms with E-state index in [9.17, 15) is 4.79 Å². The van der Waals surface area contributed by atoms with Crippen LogP contribution in [0.4, 0.5) is 0 Å². The zero-order valence-electron chi connectivity index (χ0n) is 19.3. The fraction of sp³-hybridized carbons (Fsp3) is 0.667. The first kappa shape index (κ1) is 23.2. The van der Waals surface area contributed by atoms with Gasteiger partial charge in [0.2, 0.25) is 5.91 Å². The molecule has 2 aliphatic rings. The highest BCUT2D eigenvalue weighted by Crippen LogP contribution is 2.34. The second-order valence-electron chi connectivity index (χ2n) is 8.66. The van der Waals surface area contributed by atoms with E-state index in [4.69, 9.17) is 9.47 Å². The zero-order valence-corrected chi connectivity index (χ0v) is 19.3. The summed E-state index contributed by atoms with van der Waals surface area (Å²) in [7, 11) is 3.42. The number of nitrogens with zero attached hydrogens (tertiary/aromatic N) is 2. The Morgan fingerprint density at radius 3 is 2.71 bits per heavy atom. The van der Waals surface area contributed by atoms with Crippen LogP contribution in [0.25, 0.3) is 0 Å². The highest BCUT2D eigenvalue weighted by molar-refractivity contribution is 5.81. The third-order valence-electron chi connectivity index (χ3n) is 6.18. The van der Waals surface area contributed by atoms with E-state index in [2.05, 4.69) is 22.5 Å². The molecule has 0 bridgehead atoms. The smallest absolute Gasteiger partial charge is 0.224 e. The van der Waals surface area contributed by atoms with E-state index in [1.807, 2.05) is 23.1 Å². The highest BCUT2D eigenvalue weighted by atomic mass is 16.5. The number of methoxy groups -OCH3 is 1. The van der Waals surface area contributed by atoms with E-state index in [0.29, 0.717) is 31.4 Å². The van der Waals surface area contributed by atoms with Crippen LogP contribution in [0.2, 0.25) is 0 Å². The molecular formula is C24H38N4O3. The predicted octanol–water partition coefficient (Wildman–Crippen LogP) is 3.33. The summed E-state index contributed by atoms with van der Waals surface area (Å²) in [5, 5.41) is 6.60. The number of hydrogen-bond donors (Lipinski definition) is 2. The summed E-state index contributed by atoms with van der Waals surface area (Å²) in [6, 6.07) is 5.97. The van der Waals surface area contributed by atoms with Gasteiger partial charge in [-0.1, -0.05) is 19.1 Å². The molecule has 1 atom stereocenters. The summed E-state index contributed by atoms with van der Waals surface area (Å²) in [5.74, 6) is 3.07. The lowest BCUT2D eigenvalue weighted by Crippen LogP contribution is -2.42. The Hall–Kier alpha value is -2.44. The number of ether oxygens (including phenoxy) is 2. The van der Waals surface area contributed by atoms with Crippen molar-refractivity contribution in [1.29, 1.82) is 0 Å². The quantitative estimate of drug-likeness (QED) is 0.489. The minimum Gasteiger partial charge on any atom is -0.493 e. The Morgan fingerprint density at radius 2 is 2.00 bits per heavy atom. The van der Waals surface area contributed by atoms with Crippen LogP contribution in [0, 0.1) is 5.92 Å². The molecule has 0 spiro atoms. The van der Waals surface area contributed by atoms with Crippen molar-refractivity contribution in [2.75, 3.05) is 33.8 Å². The number of amides is 1. The number of piperidine rings is 1. The van der Waals surface area contributed by atoms with Gasteiger partial charge in [0.15, 0.2) is 17.5 Å². The summed E-state index contributed by atoms with van der Waals surface area (Å²) >= 11 is 0. The number of benzene rings is 1. The Bertz CT molecular complexity index is 746. The van der Waals surface area contributed by atoms with Crippen molar-refractivity contribution in [3.63, 3.8) is 0 Å². The summed E-state index contributed by atoms with van der Waals surface area (Å²) < 4.78 is 11.9. The largest absolute Gasteiger partial charge is 0.493 e. The standard InChI is InChI=1S/C24H38N4O3/c1-18-8-7-15-28(17-18)22(29)13-14-26-24(25-2)27-16-19-9-6-12-21(30-3)23(19)31-20-10-4-5-11-20/h6,9,12,18,20H,4-5,7-8,10-11,13-17H2,1-3H3,(H2,25,26,27). The number of guanidine groups is 1. The molecule has 1 aromatic carbocycles. The lowest BCUT2D eigenvalue weighted by molar-refractivity contribution is -0.132. The van der Waals surface area contributed by atoms with Gasteiger partial charge in [0, 0.05) is 45.2 Å². The van der Waals surface area contributed by atoms with Gasteiger partial charge < -0.3 is 25.0 Å². The van der Waals surface area contributed by atoms with Crippen LogP contribution in [0.5, 0.6) is 11.5 Å². The molecule has 3 rings (SSSR count). The zero-order chi connectivity index (χ0) is 22.1. The van der Waals surface area contributed by atoms with Crippen molar-refractivity contribution in [1.82, 2.24) is 15.5 Å². The number of carbonyl (C=O) groups excluding carboxylic acids is 1. The average Bonchev–Trinajstić information content (AvgIpc) is 3.30. The molecule has 1 heterocycles. The topological polar surface area (TPSA) is 75.2 Å². The molecule has 0 radical (unpaired) electrons. The number of para-hydroxylation sites is 1. The molecule has 2 N–H and O–H groups in total. The predicted molar refractivity (Wildman–Crippen MR) is 124 cm³/mol. The summed E-state index contributed by atoms with van der Waals surface area (Å²) in [5.41, 5.74) is 1.03. The van der Waals surface area contributed by atoms with E-state index in [1.165, 1.54) is 19.3 Å². The maximum atomic E-state index is 12.5. The molecule has 1 saturated heterocycles. The van der Waals surface area contributed by atoms with Crippen molar-refractivity contribution in [2.45, 2.75) is 64.5 Å². The van der Waals surface area contributed by atoms with Gasteiger partial charge >= 0.3 is 0 Å². The number of likely N-dealkylation sites (tertiary alicyclic amines) is 1. The van der Waals surface area contributed by atoms with E-state index in [1.54, 1.807) is 14.2 Å². The Balaban J connectivity index is 1.50. The van der Waals surface area contributed by atoms with E-state index >= 15 is 0 Å². The highest BCUT2D eigenvalue weighted by Gasteiger charge is 2.22. The molecule has 1 aliphatic carbocycles. The third kappa shape index (κ3) is 6.77. The van der Waals surface area contributed by atoms with Crippen molar-refractivity contribution in [2.24, 2.45) is 10.9 Å². The monoisotopic (exact) mass is 430 g/mol. The minimum atomic E-state index is 0.217. The summed E-state index contributed by atoms with van der Waals surface area (Å²) in [4.78, 5) is 18.8. The van der Waals surface area contributed by atoms with Crippen LogP contribution >= 0.6 is 0 Å². The number of rotatable bonds is 8. The lowest BCUT2D eigenvalue weighted by atomic mass is 10.00. The molecule has 2 fully saturated rings. The fourth-order valence-electron chi connectivity index (χ4n) is 4.43. The van der Waals surface area contributed by atoms with Gasteiger partial charge in [0.25, 0.3) is 0 Å². The van der Waals surface area contributed by atoms with Crippen LogP contribution in [0.1, 0.15) is 57.4 Å². The Labute approximate surface area is 186 Å². The van der Waals surface area contributed by atoms with Gasteiger partial charge in [-0.25, -0.2) is 0 Å². The number of aliphatic imine (C=N–C) groups is 1. The molecule has 1 saturated carbocycles. The first-order chi connectivity index (χ1) is 15.1. The molecule has 0 aromatic heterocycles. The van der Waals surface area contributed by atoms with E-state index in [0.717, 1.165) is 49.4 Å². The van der Waals surface area contributed by atoms with E-state index in [-0.39, 0.29) is 12.0 Å². The summed E-state index contributed by atoms with van der Waals surface area (Å²) in [6.45, 7) is 5.11. The second kappa shape index (κ2) is 11.8. The van der Waals surface area contributed by atoms with Gasteiger partial charge in [-0.3, -0.25) is 9.79 Å². The van der Waals surface area contributed by atoms with Crippen LogP contribution in [-0.4, -0.2) is 56.7 Å². The van der Waals surface area contributed by atoms with Gasteiger partial charge in [0.1, 0.15) is 0 Å². The molecule has 1 aromatic rings. The van der Waals surface area contributed by atoms with Gasteiger partial charge in [-0.15, -0.1) is 0 Å². The number of carbonyl (C=O) groups is 1. The van der Waals surface area contributed by atoms with Crippen molar-refractivity contribution >= 4 is 11.9 Å². The van der Waals surface area contributed by atoms with Gasteiger partial charge in [0.05, 0.1) is 13.2 Å². The van der Waals surface area contributed by atoms with E-state index < -0.39 is 0 Å². The molecule has 1 unspecified atom stereocenters. The average molecular weight is 431 g/mol. The maximum absolute atomic E-state index is 12.5. The molecular weight excluding hydrogens is 392 g/mol. The maximum Gasteiger partial charge on any atom is 0.224 e. The normalized spacial score (nSPS) is 19.9. The molecule has 1 amide bonds. The van der Waals surface area contributed by atoms with Crippen LogP contribution in [0.3, 0.4) is 0 Å². The second-order valence-corrected chi connectivity index (χ2v) is 8.66. The van der Waals surface area contributed by atoms with Crippen LogP contribution in [0.15, 0.2) is 23.2 Å². The lowest BCUT2D eigenvalue weighted by Gasteiger charge is -2.31. The molecule has 7 nitrogen and oxygen atoms in total. The first-order valence-corrected chi connectivity index (χ1v) is 11.7. The van der Waals surface area contributed by atoms with Crippen LogP contribution in [-0.2, 0) is 11.3 Å². The van der Waals surface area contributed by atoms with Gasteiger partial charge in [-0.05, 0) is 50.5 Å². The third-order valence-corrected chi connectivity index (χ3v) is 6.18. The SMILES string of the molecule is CN=C(NCCC(=O)N1CCCC(C)C1)NCc1cccc(OC)c1OC1CCCC1. The van der Waals surface area contributed by atoms with Gasteiger partial charge in [-0.2, -0.15) is 0 Å². The number of nitrogens with one attached hydrogen (secondary N) is 2. The summed E-state index contributed by atoms with van der Waals surface area (Å²) in [6.07, 6.45) is 7.69. The fourth-order valence-corrected chi connectivity index (χ4v) is 4.43. The van der Waals surface area contributed by atoms with Crippen molar-refractivity contribution in [3.05, 3.63) is 23.8 Å². The first-order valence-electron chi connectivity index (χ1n) is 11.7. The Kier molecular flexibility index (Phi) is 8.85. The Morgan fingerprint density at radius 1 is 1.19 bits per heavy atom. The molecule has 1 aliphatic heterocycles. The molecule has 31 heavy (non-hydrogen) atoms. The molecule has 7 heteroatoms. The minimum absolute atomic E-state index is 0.217. The van der Waals surface area contributed by atoms with Crippen LogP contribution < -0.4 is 20.1 Å².